The quantitative estimate of drug-likeness (QED) is 0.723. The Hall–Kier alpha value is -1.40. The molecule has 0 bridgehead atoms. The van der Waals surface area contributed by atoms with Crippen LogP contribution in [0.3, 0.4) is 0 Å². The molecule has 0 unspecified atom stereocenters. The molecule has 0 aliphatic carbocycles. The van der Waals surface area contributed by atoms with Gasteiger partial charge in [0.1, 0.15) is 4.60 Å². The Kier molecular flexibility index (Phi) is 3.76. The summed E-state index contributed by atoms with van der Waals surface area (Å²) < 4.78 is 3.88. The summed E-state index contributed by atoms with van der Waals surface area (Å²) in [6, 6.07) is 6.25. The first kappa shape index (κ1) is 13.6. The summed E-state index contributed by atoms with van der Waals surface area (Å²) in [4.78, 5) is 8.50. The summed E-state index contributed by atoms with van der Waals surface area (Å²) >= 11 is 6.95. The van der Waals surface area contributed by atoms with Gasteiger partial charge in [0.15, 0.2) is 5.65 Å². The van der Waals surface area contributed by atoms with Crippen molar-refractivity contribution in [2.75, 3.05) is 5.32 Å². The highest BCUT2D eigenvalue weighted by atomic mass is 79.9. The molecule has 1 aromatic carbocycles. The van der Waals surface area contributed by atoms with E-state index >= 15 is 0 Å². The predicted molar refractivity (Wildman–Crippen MR) is 86.9 cm³/mol. The average molecular weight is 396 g/mol. The summed E-state index contributed by atoms with van der Waals surface area (Å²) in [5, 5.41) is 3.41. The fraction of sp³-hybridized carbons (Fsp3) is 0.143. The van der Waals surface area contributed by atoms with Crippen molar-refractivity contribution >= 4 is 43.2 Å². The lowest BCUT2D eigenvalue weighted by molar-refractivity contribution is 0.982. The molecule has 102 valence electrons. The largest absolute Gasteiger partial charge is 0.378 e. The van der Waals surface area contributed by atoms with Crippen molar-refractivity contribution in [3.63, 3.8) is 0 Å². The normalized spacial score (nSPS) is 10.9. The predicted octanol–water partition coefficient (Wildman–Crippen LogP) is 4.17. The van der Waals surface area contributed by atoms with Gasteiger partial charge in [0.25, 0.3) is 0 Å². The van der Waals surface area contributed by atoms with Crippen LogP contribution in [0.4, 0.5) is 5.69 Å². The standard InChI is InChI=1S/C14H12Br2N4/c1-9-2-3-12(11(15)4-9)17-5-10-6-19-14-7-18-13(16)8-20(10)14/h2-4,6-8,17H,5H2,1H3. The molecule has 0 amide bonds. The minimum atomic E-state index is 0.694. The van der Waals surface area contributed by atoms with Crippen molar-refractivity contribution in [3.05, 3.63) is 57.1 Å². The number of rotatable bonds is 3. The van der Waals surface area contributed by atoms with Crippen LogP contribution in [0.2, 0.25) is 0 Å². The van der Waals surface area contributed by atoms with Crippen LogP contribution >= 0.6 is 31.9 Å². The summed E-state index contributed by atoms with van der Waals surface area (Å²) in [5.41, 5.74) is 4.22. The van der Waals surface area contributed by atoms with Crippen molar-refractivity contribution < 1.29 is 0 Å². The molecule has 6 heteroatoms. The zero-order valence-corrected chi connectivity index (χ0v) is 13.9. The molecule has 0 atom stereocenters. The number of hydrogen-bond donors (Lipinski definition) is 1. The van der Waals surface area contributed by atoms with Crippen LogP contribution in [-0.2, 0) is 6.54 Å². The number of halogens is 2. The van der Waals surface area contributed by atoms with Crippen LogP contribution in [0.25, 0.3) is 5.65 Å². The third-order valence-corrected chi connectivity index (χ3v) is 4.09. The number of nitrogens with one attached hydrogen (secondary N) is 1. The molecular formula is C14H12Br2N4. The molecule has 2 aromatic heterocycles. The number of aromatic nitrogens is 3. The molecule has 2 heterocycles. The van der Waals surface area contributed by atoms with E-state index in [-0.39, 0.29) is 0 Å². The molecule has 1 N–H and O–H groups in total. The number of anilines is 1. The molecule has 0 aliphatic heterocycles. The molecule has 0 fully saturated rings. The lowest BCUT2D eigenvalue weighted by Crippen LogP contribution is -2.03. The van der Waals surface area contributed by atoms with Gasteiger partial charge < -0.3 is 5.32 Å². The number of nitrogens with zero attached hydrogens (tertiary/aromatic N) is 3. The molecule has 0 saturated carbocycles. The summed E-state index contributed by atoms with van der Waals surface area (Å²) in [6.45, 7) is 2.77. The molecule has 20 heavy (non-hydrogen) atoms. The van der Waals surface area contributed by atoms with Gasteiger partial charge in [0.05, 0.1) is 24.6 Å². The zero-order valence-electron chi connectivity index (χ0n) is 10.8. The Morgan fingerprint density at radius 1 is 1.20 bits per heavy atom. The minimum Gasteiger partial charge on any atom is -0.378 e. The van der Waals surface area contributed by atoms with Crippen LogP contribution in [0.5, 0.6) is 0 Å². The van der Waals surface area contributed by atoms with Gasteiger partial charge in [0.2, 0.25) is 0 Å². The van der Waals surface area contributed by atoms with Crippen LogP contribution < -0.4 is 5.32 Å². The van der Waals surface area contributed by atoms with E-state index < -0.39 is 0 Å². The topological polar surface area (TPSA) is 42.2 Å². The summed E-state index contributed by atoms with van der Waals surface area (Å²) in [5.74, 6) is 0. The molecule has 0 aliphatic rings. The molecule has 3 rings (SSSR count). The zero-order chi connectivity index (χ0) is 14.1. The van der Waals surface area contributed by atoms with Crippen molar-refractivity contribution in [1.82, 2.24) is 14.4 Å². The third kappa shape index (κ3) is 2.71. The Balaban J connectivity index is 1.85. The van der Waals surface area contributed by atoms with Crippen LogP contribution in [-0.4, -0.2) is 14.4 Å². The Labute approximate surface area is 133 Å². The van der Waals surface area contributed by atoms with Crippen molar-refractivity contribution in [2.45, 2.75) is 13.5 Å². The minimum absolute atomic E-state index is 0.694. The Morgan fingerprint density at radius 3 is 2.85 bits per heavy atom. The van der Waals surface area contributed by atoms with E-state index in [0.29, 0.717) is 6.54 Å². The number of hydrogen-bond acceptors (Lipinski definition) is 3. The van der Waals surface area contributed by atoms with Gasteiger partial charge in [-0.2, -0.15) is 0 Å². The van der Waals surface area contributed by atoms with Crippen LogP contribution in [0.1, 0.15) is 11.3 Å². The van der Waals surface area contributed by atoms with Gasteiger partial charge >= 0.3 is 0 Å². The summed E-state index contributed by atoms with van der Waals surface area (Å²) in [7, 11) is 0. The van der Waals surface area contributed by atoms with E-state index in [4.69, 9.17) is 0 Å². The average Bonchev–Trinajstić information content (AvgIpc) is 2.80. The fourth-order valence-electron chi connectivity index (χ4n) is 2.00. The molecule has 4 nitrogen and oxygen atoms in total. The van der Waals surface area contributed by atoms with Crippen molar-refractivity contribution in [1.29, 1.82) is 0 Å². The second-order valence-electron chi connectivity index (χ2n) is 4.52. The maximum Gasteiger partial charge on any atom is 0.155 e. The van der Waals surface area contributed by atoms with E-state index in [2.05, 4.69) is 72.3 Å². The SMILES string of the molecule is Cc1ccc(NCc2cnc3cnc(Br)cn23)c(Br)c1. The van der Waals surface area contributed by atoms with E-state index in [1.807, 2.05) is 16.8 Å². The maximum absolute atomic E-state index is 4.34. The highest BCUT2D eigenvalue weighted by Crippen LogP contribution is 2.24. The first-order valence-electron chi connectivity index (χ1n) is 6.11. The smallest absolute Gasteiger partial charge is 0.155 e. The molecule has 0 saturated heterocycles. The molecule has 0 radical (unpaired) electrons. The molecular weight excluding hydrogens is 384 g/mol. The van der Waals surface area contributed by atoms with Crippen molar-refractivity contribution in [2.24, 2.45) is 0 Å². The van der Waals surface area contributed by atoms with Gasteiger partial charge in [0, 0.05) is 16.4 Å². The monoisotopic (exact) mass is 394 g/mol. The van der Waals surface area contributed by atoms with Gasteiger partial charge in [-0.25, -0.2) is 9.97 Å². The second kappa shape index (κ2) is 5.54. The Morgan fingerprint density at radius 2 is 2.05 bits per heavy atom. The lowest BCUT2D eigenvalue weighted by atomic mass is 10.2. The number of fused-ring (bicyclic) bond motifs is 1. The molecule has 3 aromatic rings. The van der Waals surface area contributed by atoms with Gasteiger partial charge in [-0.3, -0.25) is 4.40 Å². The van der Waals surface area contributed by atoms with Gasteiger partial charge in [-0.1, -0.05) is 6.07 Å². The highest BCUT2D eigenvalue weighted by molar-refractivity contribution is 9.10. The van der Waals surface area contributed by atoms with Crippen LogP contribution in [0.15, 0.2) is 45.9 Å². The van der Waals surface area contributed by atoms with E-state index in [1.54, 1.807) is 6.20 Å². The summed E-state index contributed by atoms with van der Waals surface area (Å²) in [6.07, 6.45) is 5.53. The lowest BCUT2D eigenvalue weighted by Gasteiger charge is -2.09. The number of benzene rings is 1. The Bertz CT molecular complexity index is 767. The third-order valence-electron chi connectivity index (χ3n) is 3.03. The van der Waals surface area contributed by atoms with Crippen LogP contribution in [0, 0.1) is 6.92 Å². The van der Waals surface area contributed by atoms with Crippen molar-refractivity contribution in [3.8, 4) is 0 Å². The maximum atomic E-state index is 4.34. The second-order valence-corrected chi connectivity index (χ2v) is 6.19. The molecule has 0 spiro atoms. The van der Waals surface area contributed by atoms with Gasteiger partial charge in [-0.15, -0.1) is 0 Å². The fourth-order valence-corrected chi connectivity index (χ4v) is 2.94. The highest BCUT2D eigenvalue weighted by Gasteiger charge is 2.05. The first-order valence-corrected chi connectivity index (χ1v) is 7.69. The number of aryl methyl sites for hydroxylation is 1. The number of imidazole rings is 1. The van der Waals surface area contributed by atoms with Gasteiger partial charge in [-0.05, 0) is 56.5 Å². The van der Waals surface area contributed by atoms with E-state index in [0.717, 1.165) is 26.1 Å². The van der Waals surface area contributed by atoms with E-state index in [9.17, 15) is 0 Å². The van der Waals surface area contributed by atoms with E-state index in [1.165, 1.54) is 5.56 Å². The first-order chi connectivity index (χ1) is 9.63.